The summed E-state index contributed by atoms with van der Waals surface area (Å²) >= 11 is 1.49. The van der Waals surface area contributed by atoms with Gasteiger partial charge < -0.3 is 9.80 Å². The van der Waals surface area contributed by atoms with Gasteiger partial charge in [0.05, 0.1) is 11.5 Å². The zero-order chi connectivity index (χ0) is 41.8. The summed E-state index contributed by atoms with van der Waals surface area (Å²) < 4.78 is 2.35. The molecule has 7 rings (SSSR count). The number of aryl methyl sites for hydroxylation is 4. The Morgan fingerprint density at radius 3 is 1.92 bits per heavy atom. The van der Waals surface area contributed by atoms with Crippen molar-refractivity contribution in [3.63, 3.8) is 0 Å². The van der Waals surface area contributed by atoms with E-state index in [1.165, 1.54) is 51.0 Å². The summed E-state index contributed by atoms with van der Waals surface area (Å²) in [5.41, 5.74) is 15.0. The molecule has 0 N–H and O–H groups in total. The average Bonchev–Trinajstić information content (AvgIpc) is 3.63. The van der Waals surface area contributed by atoms with E-state index in [-0.39, 0.29) is 10.6 Å². The van der Waals surface area contributed by atoms with E-state index in [1.54, 1.807) is 23.1 Å². The van der Waals surface area contributed by atoms with Gasteiger partial charge in [-0.15, -0.1) is 11.3 Å². The summed E-state index contributed by atoms with van der Waals surface area (Å²) in [7, 11) is 1.81. The largest absolute Gasteiger partial charge is 0.341 e. The van der Waals surface area contributed by atoms with Gasteiger partial charge in [-0.2, -0.15) is 4.58 Å². The van der Waals surface area contributed by atoms with Gasteiger partial charge in [-0.1, -0.05) is 91.0 Å². The lowest BCUT2D eigenvalue weighted by molar-refractivity contribution is -0.435. The van der Waals surface area contributed by atoms with E-state index in [0.717, 1.165) is 57.2 Å². The Labute approximate surface area is 351 Å². The van der Waals surface area contributed by atoms with E-state index in [4.69, 9.17) is 6.57 Å². The number of allylic oxidation sites excluding steroid dienone is 5. The number of nitro benzene ring substituents is 1. The summed E-state index contributed by atoms with van der Waals surface area (Å²) in [5, 5.41) is 12.9. The molecule has 1 heterocycles. The third-order valence-electron chi connectivity index (χ3n) is 11.0. The maximum atomic E-state index is 12.2. The first-order valence-corrected chi connectivity index (χ1v) is 20.7. The summed E-state index contributed by atoms with van der Waals surface area (Å²) in [6.07, 6.45) is 8.73. The molecule has 0 fully saturated rings. The van der Waals surface area contributed by atoms with Crippen LogP contribution in [0.5, 0.6) is 0 Å². The number of hydrogen-bond acceptors (Lipinski definition) is 5. The normalized spacial score (nSPS) is 12.0. The minimum Gasteiger partial charge on any atom is -0.341 e. The van der Waals surface area contributed by atoms with Crippen LogP contribution in [0.2, 0.25) is 0 Å². The lowest BCUT2D eigenvalue weighted by atomic mass is 9.91. The molecule has 1 aromatic heterocycles. The molecule has 294 valence electrons. The maximum Gasteiger partial charge on any atom is 0.292 e. The molecule has 7 nitrogen and oxygen atoms in total. The van der Waals surface area contributed by atoms with E-state index in [0.29, 0.717) is 16.4 Å². The van der Waals surface area contributed by atoms with Crippen molar-refractivity contribution in [1.82, 2.24) is 0 Å². The van der Waals surface area contributed by atoms with Crippen LogP contribution in [-0.2, 0) is 0 Å². The smallest absolute Gasteiger partial charge is 0.292 e. The molecule has 1 aliphatic carbocycles. The molecule has 8 heteroatoms. The predicted octanol–water partition coefficient (Wildman–Crippen LogP) is 13.8. The highest BCUT2D eigenvalue weighted by Gasteiger charge is 2.30. The molecule has 59 heavy (non-hydrogen) atoms. The number of nitrogens with zero attached hydrogens (tertiary/aromatic N) is 5. The van der Waals surface area contributed by atoms with Crippen molar-refractivity contribution < 1.29 is 9.50 Å². The Balaban J connectivity index is 1.48. The van der Waals surface area contributed by atoms with Gasteiger partial charge in [-0.25, -0.2) is 4.85 Å². The second kappa shape index (κ2) is 17.4. The Morgan fingerprint density at radius 2 is 1.34 bits per heavy atom. The fraction of sp³-hybridized carbons (Fsp3) is 0.176. The van der Waals surface area contributed by atoms with Crippen LogP contribution in [0, 0.1) is 44.4 Å². The molecule has 0 amide bonds. The van der Waals surface area contributed by atoms with E-state index in [1.807, 2.05) is 37.4 Å². The number of anilines is 4. The third kappa shape index (κ3) is 7.77. The average molecular weight is 795 g/mol. The van der Waals surface area contributed by atoms with E-state index in [2.05, 4.69) is 141 Å². The van der Waals surface area contributed by atoms with Crippen LogP contribution in [0.1, 0.15) is 46.5 Å². The summed E-state index contributed by atoms with van der Waals surface area (Å²) in [5.74, 6) is 0. The molecule has 0 bridgehead atoms. The molecule has 0 saturated heterocycles. The topological polar surface area (TPSA) is 57.0 Å². The van der Waals surface area contributed by atoms with Crippen LogP contribution in [0.3, 0.4) is 0 Å². The second-order valence-electron chi connectivity index (χ2n) is 14.7. The molecule has 1 aliphatic rings. The Bertz CT molecular complexity index is 2670. The fourth-order valence-corrected chi connectivity index (χ4v) is 9.58. The highest BCUT2D eigenvalue weighted by Crippen LogP contribution is 2.54. The zero-order valence-electron chi connectivity index (χ0n) is 34.7. The molecule has 0 spiro atoms. The lowest BCUT2D eigenvalue weighted by Gasteiger charge is -2.27. The van der Waals surface area contributed by atoms with Gasteiger partial charge in [-0.05, 0) is 99.7 Å². The van der Waals surface area contributed by atoms with Crippen LogP contribution in [0.25, 0.3) is 21.5 Å². The molecule has 0 aliphatic heterocycles. The van der Waals surface area contributed by atoms with Gasteiger partial charge in [0.1, 0.15) is 17.2 Å². The summed E-state index contributed by atoms with van der Waals surface area (Å²) in [6, 6.07) is 38.3. The summed E-state index contributed by atoms with van der Waals surface area (Å²) in [4.78, 5) is 21.1. The lowest BCUT2D eigenvalue weighted by Crippen LogP contribution is -2.18. The van der Waals surface area contributed by atoms with Crippen LogP contribution >= 0.6 is 11.3 Å². The number of benzene rings is 5. The molecular formula is C51H48N5O2S+. The number of hydrogen-bond donors (Lipinski definition) is 0. The molecule has 6 aromatic rings. The van der Waals surface area contributed by atoms with E-state index < -0.39 is 0 Å². The molecule has 5 aromatic carbocycles. The van der Waals surface area contributed by atoms with Gasteiger partial charge in [-0.3, -0.25) is 10.1 Å². The van der Waals surface area contributed by atoms with Gasteiger partial charge in [0.15, 0.2) is 0 Å². The quantitative estimate of drug-likeness (QED) is 0.0567. The Hall–Kier alpha value is -6.82. The second-order valence-corrected chi connectivity index (χ2v) is 15.7. The molecular weight excluding hydrogens is 747 g/mol. The minimum absolute atomic E-state index is 0.0220. The molecule has 0 radical (unpaired) electrons. The Morgan fingerprint density at radius 1 is 0.746 bits per heavy atom. The monoisotopic (exact) mass is 794 g/mol. The molecule has 0 atom stereocenters. The van der Waals surface area contributed by atoms with Crippen molar-refractivity contribution in [3.8, 4) is 11.1 Å². The number of rotatable bonds is 11. The van der Waals surface area contributed by atoms with E-state index >= 15 is 0 Å². The van der Waals surface area contributed by atoms with Crippen molar-refractivity contribution in [2.75, 3.05) is 29.9 Å². The van der Waals surface area contributed by atoms with Crippen molar-refractivity contribution in [2.24, 2.45) is 0 Å². The number of thiophene rings is 1. The molecule has 0 saturated carbocycles. The first kappa shape index (κ1) is 40.4. The van der Waals surface area contributed by atoms with Gasteiger partial charge in [0, 0.05) is 70.3 Å². The predicted molar refractivity (Wildman–Crippen MR) is 248 cm³/mol. The zero-order valence-corrected chi connectivity index (χ0v) is 35.5. The van der Waals surface area contributed by atoms with Gasteiger partial charge in [0.25, 0.3) is 5.69 Å². The number of para-hydroxylation sites is 4. The van der Waals surface area contributed by atoms with Crippen molar-refractivity contribution in [1.29, 1.82) is 0 Å². The van der Waals surface area contributed by atoms with Crippen LogP contribution < -0.4 is 9.80 Å². The highest BCUT2D eigenvalue weighted by molar-refractivity contribution is 7.18. The standard InChI is InChI=1S/C51H48N5O2S/c1-9-54(48-34(3)18-16-19-35(48)4)41-30-26-39(27-31-41)45(40-28-32-42(33-29-40)55(10-2)49-36(5)20-17-21-37(49)6)50-46(38-22-12-11-13-23-38)47(52-7)51(59-50)53(8)43-24-14-15-25-44(43)56(57)58/h11-33H,9-10H2,1-6,8H3/q+1. The third-order valence-corrected chi connectivity index (χ3v) is 12.3. The van der Waals surface area contributed by atoms with Crippen molar-refractivity contribution >= 4 is 61.7 Å². The van der Waals surface area contributed by atoms with Crippen molar-refractivity contribution in [2.45, 2.75) is 41.5 Å². The highest BCUT2D eigenvalue weighted by atomic mass is 32.1. The summed E-state index contributed by atoms with van der Waals surface area (Å²) in [6.45, 7) is 23.2. The van der Waals surface area contributed by atoms with Gasteiger partial charge in [0.2, 0.25) is 17.1 Å². The van der Waals surface area contributed by atoms with Crippen LogP contribution in [0.15, 0.2) is 145 Å². The molecule has 0 unspecified atom stereocenters. The Kier molecular flexibility index (Phi) is 11.9. The van der Waals surface area contributed by atoms with Crippen LogP contribution in [0.4, 0.5) is 39.1 Å². The fourth-order valence-electron chi connectivity index (χ4n) is 8.25. The SMILES string of the molecule is [C-]#[N+]c1c(N(C)c2ccccc2[N+](=O)[O-])sc(C(=C2C=CC(=[N+](CC)c3c(C)cccc3C)C=C2)c2ccc(N(CC)c3c(C)cccc3C)cc2)c1-c1ccccc1. The number of nitro groups is 1. The first-order valence-electron chi connectivity index (χ1n) is 19.9. The van der Waals surface area contributed by atoms with Gasteiger partial charge >= 0.3 is 0 Å². The van der Waals surface area contributed by atoms with E-state index in [9.17, 15) is 10.1 Å². The maximum absolute atomic E-state index is 12.2. The van der Waals surface area contributed by atoms with Crippen LogP contribution in [-0.4, -0.2) is 35.3 Å². The first-order chi connectivity index (χ1) is 28.6. The minimum atomic E-state index is -0.368. The van der Waals surface area contributed by atoms with Crippen molar-refractivity contribution in [3.05, 3.63) is 199 Å².